The van der Waals surface area contributed by atoms with E-state index in [0.29, 0.717) is 13.0 Å². The first kappa shape index (κ1) is 17.4. The number of aryl methyl sites for hydroxylation is 1. The third-order valence-electron chi connectivity index (χ3n) is 4.63. The number of likely N-dealkylation sites (tertiary alicyclic amines) is 1. The first-order chi connectivity index (χ1) is 11.8. The van der Waals surface area contributed by atoms with Gasteiger partial charge in [-0.25, -0.2) is 9.67 Å². The molecule has 2 aromatic rings. The summed E-state index contributed by atoms with van der Waals surface area (Å²) in [6.45, 7) is 6.48. The van der Waals surface area contributed by atoms with E-state index < -0.39 is 11.1 Å². The lowest BCUT2D eigenvalue weighted by Crippen LogP contribution is -2.48. The average Bonchev–Trinajstić information content (AvgIpc) is 3.23. The standard InChI is InChI=1S/C18H24N4O3/c1-14-5-4-6-15(9-14)25-11-18(24)7-8-21(10-18)16(23)17(2,3)22-13-19-12-20-22/h4-6,9,12-13,24H,7-8,10-11H2,1-3H3/t18-/m0/s1. The molecular formula is C18H24N4O3. The molecule has 1 aromatic heterocycles. The first-order valence-corrected chi connectivity index (χ1v) is 8.37. The Morgan fingerprint density at radius 3 is 2.92 bits per heavy atom. The van der Waals surface area contributed by atoms with Crippen molar-refractivity contribution in [2.45, 2.75) is 38.3 Å². The molecule has 1 atom stereocenters. The minimum absolute atomic E-state index is 0.0931. The predicted molar refractivity (Wildman–Crippen MR) is 92.2 cm³/mol. The van der Waals surface area contributed by atoms with Crippen molar-refractivity contribution < 1.29 is 14.6 Å². The molecule has 0 spiro atoms. The van der Waals surface area contributed by atoms with E-state index in [-0.39, 0.29) is 19.1 Å². The molecule has 0 aliphatic carbocycles. The van der Waals surface area contributed by atoms with Crippen molar-refractivity contribution in [3.63, 3.8) is 0 Å². The molecule has 1 aromatic carbocycles. The number of aliphatic hydroxyl groups is 1. The minimum atomic E-state index is -1.04. The number of aromatic nitrogens is 3. The van der Waals surface area contributed by atoms with Crippen LogP contribution in [0, 0.1) is 6.92 Å². The number of amides is 1. The van der Waals surface area contributed by atoms with Crippen molar-refractivity contribution in [2.24, 2.45) is 0 Å². The first-order valence-electron chi connectivity index (χ1n) is 8.37. The van der Waals surface area contributed by atoms with Crippen LogP contribution in [0.15, 0.2) is 36.9 Å². The van der Waals surface area contributed by atoms with Crippen LogP contribution >= 0.6 is 0 Å². The molecule has 1 aliphatic rings. The van der Waals surface area contributed by atoms with Crippen molar-refractivity contribution in [3.05, 3.63) is 42.5 Å². The summed E-state index contributed by atoms with van der Waals surface area (Å²) < 4.78 is 7.28. The maximum absolute atomic E-state index is 12.9. The summed E-state index contributed by atoms with van der Waals surface area (Å²) in [5.41, 5.74) is -0.793. The lowest BCUT2D eigenvalue weighted by molar-refractivity contribution is -0.139. The highest BCUT2D eigenvalue weighted by molar-refractivity contribution is 5.84. The maximum Gasteiger partial charge on any atom is 0.250 e. The van der Waals surface area contributed by atoms with Crippen molar-refractivity contribution in [1.82, 2.24) is 19.7 Å². The minimum Gasteiger partial charge on any atom is -0.491 e. The van der Waals surface area contributed by atoms with Gasteiger partial charge in [0.2, 0.25) is 5.91 Å². The molecule has 2 heterocycles. The highest BCUT2D eigenvalue weighted by Crippen LogP contribution is 2.27. The zero-order valence-electron chi connectivity index (χ0n) is 14.8. The van der Waals surface area contributed by atoms with E-state index in [1.165, 1.54) is 17.3 Å². The second-order valence-electron chi connectivity index (χ2n) is 7.21. The van der Waals surface area contributed by atoms with E-state index >= 15 is 0 Å². The van der Waals surface area contributed by atoms with Crippen LogP contribution in [0.4, 0.5) is 0 Å². The lowest BCUT2D eigenvalue weighted by Gasteiger charge is -2.30. The van der Waals surface area contributed by atoms with Gasteiger partial charge in [-0.3, -0.25) is 4.79 Å². The topological polar surface area (TPSA) is 80.5 Å². The van der Waals surface area contributed by atoms with Crippen LogP contribution in [0.3, 0.4) is 0 Å². The van der Waals surface area contributed by atoms with Crippen LogP contribution in [0.5, 0.6) is 5.75 Å². The maximum atomic E-state index is 12.9. The smallest absolute Gasteiger partial charge is 0.250 e. The molecule has 0 bridgehead atoms. The van der Waals surface area contributed by atoms with Crippen molar-refractivity contribution in [2.75, 3.05) is 19.7 Å². The quantitative estimate of drug-likeness (QED) is 0.886. The molecule has 7 nitrogen and oxygen atoms in total. The number of β-amino-alcohol motifs (C(OH)–C–C–N with tert-alkyl or cyclic N) is 1. The average molecular weight is 344 g/mol. The van der Waals surface area contributed by atoms with E-state index in [1.54, 1.807) is 18.7 Å². The molecule has 1 saturated heterocycles. The van der Waals surface area contributed by atoms with Gasteiger partial charge in [0.15, 0.2) is 0 Å². The second-order valence-corrected chi connectivity index (χ2v) is 7.21. The number of hydrogen-bond acceptors (Lipinski definition) is 5. The molecule has 1 N–H and O–H groups in total. The van der Waals surface area contributed by atoms with Gasteiger partial charge in [-0.15, -0.1) is 0 Å². The highest BCUT2D eigenvalue weighted by atomic mass is 16.5. The SMILES string of the molecule is Cc1cccc(OC[C@]2(O)CCN(C(=O)C(C)(C)n3cncn3)C2)c1. The molecule has 25 heavy (non-hydrogen) atoms. The Balaban J connectivity index is 1.63. The van der Waals surface area contributed by atoms with Gasteiger partial charge in [0, 0.05) is 6.54 Å². The fourth-order valence-corrected chi connectivity index (χ4v) is 3.05. The van der Waals surface area contributed by atoms with Gasteiger partial charge in [0.25, 0.3) is 0 Å². The summed E-state index contributed by atoms with van der Waals surface area (Å²) in [6, 6.07) is 7.70. The van der Waals surface area contributed by atoms with Crippen molar-refractivity contribution >= 4 is 5.91 Å². The van der Waals surface area contributed by atoms with E-state index in [2.05, 4.69) is 10.1 Å². The normalized spacial score (nSPS) is 20.7. The zero-order chi connectivity index (χ0) is 18.1. The molecule has 1 amide bonds. The Morgan fingerprint density at radius 2 is 2.24 bits per heavy atom. The molecular weight excluding hydrogens is 320 g/mol. The third kappa shape index (κ3) is 3.66. The Morgan fingerprint density at radius 1 is 1.44 bits per heavy atom. The van der Waals surface area contributed by atoms with Crippen LogP contribution in [0.25, 0.3) is 0 Å². The van der Waals surface area contributed by atoms with Gasteiger partial charge in [0.05, 0.1) is 6.54 Å². The van der Waals surface area contributed by atoms with E-state index in [1.807, 2.05) is 31.2 Å². The van der Waals surface area contributed by atoms with Gasteiger partial charge < -0.3 is 14.7 Å². The number of ether oxygens (including phenoxy) is 1. The summed E-state index contributed by atoms with van der Waals surface area (Å²) in [4.78, 5) is 18.4. The predicted octanol–water partition coefficient (Wildman–Crippen LogP) is 1.36. The van der Waals surface area contributed by atoms with E-state index in [9.17, 15) is 9.90 Å². The number of hydrogen-bond donors (Lipinski definition) is 1. The summed E-state index contributed by atoms with van der Waals surface area (Å²) in [7, 11) is 0. The summed E-state index contributed by atoms with van der Waals surface area (Å²) >= 11 is 0. The number of carbonyl (C=O) groups excluding carboxylic acids is 1. The molecule has 7 heteroatoms. The zero-order valence-corrected chi connectivity index (χ0v) is 14.8. The van der Waals surface area contributed by atoms with Crippen LogP contribution in [0.1, 0.15) is 25.8 Å². The van der Waals surface area contributed by atoms with Crippen molar-refractivity contribution in [1.29, 1.82) is 0 Å². The fourth-order valence-electron chi connectivity index (χ4n) is 3.05. The van der Waals surface area contributed by atoms with Crippen LogP contribution in [-0.4, -0.2) is 56.0 Å². The Labute approximate surface area is 147 Å². The Hall–Kier alpha value is -2.41. The largest absolute Gasteiger partial charge is 0.491 e. The number of nitrogens with zero attached hydrogens (tertiary/aromatic N) is 4. The fraction of sp³-hybridized carbons (Fsp3) is 0.500. The van der Waals surface area contributed by atoms with Crippen LogP contribution in [0.2, 0.25) is 0 Å². The van der Waals surface area contributed by atoms with Crippen LogP contribution < -0.4 is 4.74 Å². The molecule has 1 fully saturated rings. The Kier molecular flexibility index (Phi) is 4.51. The monoisotopic (exact) mass is 344 g/mol. The second kappa shape index (κ2) is 6.48. The van der Waals surface area contributed by atoms with Crippen LogP contribution in [-0.2, 0) is 10.3 Å². The summed E-state index contributed by atoms with van der Waals surface area (Å²) in [6.07, 6.45) is 3.42. The van der Waals surface area contributed by atoms with Crippen molar-refractivity contribution in [3.8, 4) is 5.75 Å². The number of carbonyl (C=O) groups is 1. The lowest BCUT2D eigenvalue weighted by atomic mass is 10.0. The van der Waals surface area contributed by atoms with E-state index in [0.717, 1.165) is 11.3 Å². The van der Waals surface area contributed by atoms with Gasteiger partial charge in [-0.1, -0.05) is 12.1 Å². The number of benzene rings is 1. The summed E-state index contributed by atoms with van der Waals surface area (Å²) in [5.74, 6) is 0.630. The van der Waals surface area contributed by atoms with E-state index in [4.69, 9.17) is 4.74 Å². The molecule has 1 aliphatic heterocycles. The van der Waals surface area contributed by atoms with Gasteiger partial charge in [0.1, 0.15) is 36.2 Å². The Bertz CT molecular complexity index is 745. The molecule has 0 unspecified atom stereocenters. The third-order valence-corrected chi connectivity index (χ3v) is 4.63. The summed E-state index contributed by atoms with van der Waals surface area (Å²) in [5, 5.41) is 14.9. The molecule has 3 rings (SSSR count). The molecule has 0 radical (unpaired) electrons. The number of rotatable bonds is 5. The van der Waals surface area contributed by atoms with Gasteiger partial charge >= 0.3 is 0 Å². The van der Waals surface area contributed by atoms with Gasteiger partial charge in [-0.2, -0.15) is 5.10 Å². The molecule has 134 valence electrons. The highest BCUT2D eigenvalue weighted by Gasteiger charge is 2.43. The van der Waals surface area contributed by atoms with Gasteiger partial charge in [-0.05, 0) is 44.9 Å². The molecule has 0 saturated carbocycles.